The first-order valence-electron chi connectivity index (χ1n) is 14.8. The summed E-state index contributed by atoms with van der Waals surface area (Å²) in [7, 11) is 0. The zero-order valence-electron chi connectivity index (χ0n) is 23.4. The van der Waals surface area contributed by atoms with Gasteiger partial charge in [0, 0.05) is 5.92 Å². The highest BCUT2D eigenvalue weighted by molar-refractivity contribution is 5.96. The summed E-state index contributed by atoms with van der Waals surface area (Å²) in [5.41, 5.74) is 14.6. The fraction of sp³-hybridized carbons (Fsp3) is 0.0476. The average Bonchev–Trinajstić information content (AvgIpc) is 3.39. The number of hydrogen-bond donors (Lipinski definition) is 0. The van der Waals surface area contributed by atoms with Gasteiger partial charge in [0.15, 0.2) is 0 Å². The number of benzene rings is 7. The molecule has 0 spiro atoms. The third-order valence-corrected chi connectivity index (χ3v) is 8.81. The molecule has 0 saturated heterocycles. The SMILES string of the molecule is c1ccc(C2c3ccccc3-c3cc(-c4ccc(Cc5ccc(-c6cccc7ccccc67)cc5)cc4)ccc32)cc1. The van der Waals surface area contributed by atoms with Crippen molar-refractivity contribution in [3.63, 3.8) is 0 Å². The lowest BCUT2D eigenvalue weighted by Crippen LogP contribution is -1.98. The zero-order chi connectivity index (χ0) is 27.9. The van der Waals surface area contributed by atoms with Crippen molar-refractivity contribution < 1.29 is 0 Å². The van der Waals surface area contributed by atoms with E-state index in [9.17, 15) is 0 Å². The monoisotopic (exact) mass is 534 g/mol. The molecule has 0 heterocycles. The first-order chi connectivity index (χ1) is 20.8. The lowest BCUT2D eigenvalue weighted by Gasteiger charge is -2.14. The second-order valence-corrected chi connectivity index (χ2v) is 11.3. The van der Waals surface area contributed by atoms with E-state index < -0.39 is 0 Å². The van der Waals surface area contributed by atoms with Crippen LogP contribution in [-0.2, 0) is 6.42 Å². The van der Waals surface area contributed by atoms with Crippen molar-refractivity contribution in [3.05, 3.63) is 192 Å². The Morgan fingerprint density at radius 3 is 1.79 bits per heavy atom. The number of hydrogen-bond acceptors (Lipinski definition) is 0. The molecule has 42 heavy (non-hydrogen) atoms. The summed E-state index contributed by atoms with van der Waals surface area (Å²) in [6, 6.07) is 60.1. The van der Waals surface area contributed by atoms with E-state index in [1.807, 2.05) is 0 Å². The lowest BCUT2D eigenvalue weighted by atomic mass is 9.89. The van der Waals surface area contributed by atoms with Crippen LogP contribution in [0, 0.1) is 0 Å². The molecule has 0 radical (unpaired) electrons. The van der Waals surface area contributed by atoms with Gasteiger partial charge in [0.05, 0.1) is 0 Å². The quantitative estimate of drug-likeness (QED) is 0.206. The van der Waals surface area contributed by atoms with Crippen molar-refractivity contribution in [2.24, 2.45) is 0 Å². The summed E-state index contributed by atoms with van der Waals surface area (Å²) in [5, 5.41) is 2.58. The highest BCUT2D eigenvalue weighted by atomic mass is 14.3. The summed E-state index contributed by atoms with van der Waals surface area (Å²) < 4.78 is 0. The minimum Gasteiger partial charge on any atom is -0.0622 e. The van der Waals surface area contributed by atoms with Gasteiger partial charge < -0.3 is 0 Å². The second-order valence-electron chi connectivity index (χ2n) is 11.3. The van der Waals surface area contributed by atoms with Gasteiger partial charge in [0.25, 0.3) is 0 Å². The molecule has 0 saturated carbocycles. The van der Waals surface area contributed by atoms with Gasteiger partial charge in [-0.1, -0.05) is 158 Å². The van der Waals surface area contributed by atoms with Crippen molar-refractivity contribution >= 4 is 10.8 Å². The van der Waals surface area contributed by atoms with E-state index >= 15 is 0 Å². The van der Waals surface area contributed by atoms with Crippen LogP contribution >= 0.6 is 0 Å². The smallest absolute Gasteiger partial charge is 0.0352 e. The van der Waals surface area contributed by atoms with Crippen molar-refractivity contribution in [1.82, 2.24) is 0 Å². The van der Waals surface area contributed by atoms with Crippen LogP contribution in [0.3, 0.4) is 0 Å². The van der Waals surface area contributed by atoms with Crippen molar-refractivity contribution in [2.45, 2.75) is 12.3 Å². The molecule has 0 aromatic heterocycles. The Morgan fingerprint density at radius 1 is 0.381 bits per heavy atom. The molecule has 1 atom stereocenters. The van der Waals surface area contributed by atoms with Crippen molar-refractivity contribution in [1.29, 1.82) is 0 Å². The van der Waals surface area contributed by atoms with Crippen LogP contribution < -0.4 is 0 Å². The zero-order valence-corrected chi connectivity index (χ0v) is 23.4. The summed E-state index contributed by atoms with van der Waals surface area (Å²) in [6.07, 6.45) is 0.923. The third kappa shape index (κ3) is 4.33. The summed E-state index contributed by atoms with van der Waals surface area (Å²) in [4.78, 5) is 0. The summed E-state index contributed by atoms with van der Waals surface area (Å²) >= 11 is 0. The molecule has 8 rings (SSSR count). The molecule has 1 aliphatic carbocycles. The molecule has 1 aliphatic rings. The fourth-order valence-corrected chi connectivity index (χ4v) is 6.72. The highest BCUT2D eigenvalue weighted by Gasteiger charge is 2.29. The predicted octanol–water partition coefficient (Wildman–Crippen LogP) is 10.9. The molecule has 1 unspecified atom stereocenters. The first-order valence-corrected chi connectivity index (χ1v) is 14.8. The van der Waals surface area contributed by atoms with E-state index in [1.165, 1.54) is 72.0 Å². The third-order valence-electron chi connectivity index (χ3n) is 8.81. The van der Waals surface area contributed by atoms with Crippen LogP contribution in [-0.4, -0.2) is 0 Å². The molecule has 0 amide bonds. The maximum Gasteiger partial charge on any atom is 0.0352 e. The van der Waals surface area contributed by atoms with Gasteiger partial charge in [-0.2, -0.15) is 0 Å². The van der Waals surface area contributed by atoms with Crippen molar-refractivity contribution in [3.8, 4) is 33.4 Å². The molecular weight excluding hydrogens is 504 g/mol. The van der Waals surface area contributed by atoms with Crippen LogP contribution in [0.2, 0.25) is 0 Å². The van der Waals surface area contributed by atoms with Gasteiger partial charge in [-0.3, -0.25) is 0 Å². The maximum absolute atomic E-state index is 2.39. The van der Waals surface area contributed by atoms with E-state index in [0.29, 0.717) is 5.92 Å². The van der Waals surface area contributed by atoms with E-state index in [2.05, 4.69) is 164 Å². The number of fused-ring (bicyclic) bond motifs is 4. The van der Waals surface area contributed by atoms with Gasteiger partial charge >= 0.3 is 0 Å². The molecule has 0 N–H and O–H groups in total. The largest absolute Gasteiger partial charge is 0.0622 e. The molecule has 0 nitrogen and oxygen atoms in total. The maximum atomic E-state index is 2.39. The Kier molecular flexibility index (Phi) is 6.04. The minimum atomic E-state index is 0.292. The van der Waals surface area contributed by atoms with Crippen LogP contribution in [0.15, 0.2) is 164 Å². The standard InChI is InChI=1S/C42H30/c1-2-10-34(11-3-1)42-39-15-7-6-14-38(39)41-28-35(25-26-40(41)42)31-21-17-29(18-22-31)27-30-19-23-33(24-20-30)37-16-8-12-32-9-4-5-13-36(32)37/h1-26,28,42H,27H2. The van der Waals surface area contributed by atoms with E-state index in [-0.39, 0.29) is 0 Å². The summed E-state index contributed by atoms with van der Waals surface area (Å²) in [6.45, 7) is 0. The fourth-order valence-electron chi connectivity index (χ4n) is 6.72. The Morgan fingerprint density at radius 2 is 0.976 bits per heavy atom. The molecular formula is C42H30. The molecule has 7 aromatic rings. The molecule has 0 aliphatic heterocycles. The molecule has 198 valence electrons. The predicted molar refractivity (Wildman–Crippen MR) is 177 cm³/mol. The van der Waals surface area contributed by atoms with Crippen LogP contribution in [0.5, 0.6) is 0 Å². The highest BCUT2D eigenvalue weighted by Crippen LogP contribution is 2.48. The van der Waals surface area contributed by atoms with Gasteiger partial charge in [-0.15, -0.1) is 0 Å². The Bertz CT molecular complexity index is 2030. The molecule has 7 aromatic carbocycles. The van der Waals surface area contributed by atoms with E-state index in [1.54, 1.807) is 0 Å². The van der Waals surface area contributed by atoms with Crippen molar-refractivity contribution in [2.75, 3.05) is 0 Å². The second kappa shape index (κ2) is 10.3. The molecule has 0 fully saturated rings. The normalized spacial score (nSPS) is 13.6. The average molecular weight is 535 g/mol. The topological polar surface area (TPSA) is 0 Å². The summed E-state index contributed by atoms with van der Waals surface area (Å²) in [5.74, 6) is 0.292. The van der Waals surface area contributed by atoms with Gasteiger partial charge in [0.2, 0.25) is 0 Å². The van der Waals surface area contributed by atoms with Gasteiger partial charge in [-0.25, -0.2) is 0 Å². The van der Waals surface area contributed by atoms with Crippen LogP contribution in [0.1, 0.15) is 33.7 Å². The van der Waals surface area contributed by atoms with E-state index in [4.69, 9.17) is 0 Å². The van der Waals surface area contributed by atoms with Crippen LogP contribution in [0.25, 0.3) is 44.2 Å². The van der Waals surface area contributed by atoms with E-state index in [0.717, 1.165) is 6.42 Å². The Labute approximate surface area is 247 Å². The van der Waals surface area contributed by atoms with Gasteiger partial charge in [-0.05, 0) is 84.5 Å². The number of rotatable bonds is 5. The Hall–Kier alpha value is -5.20. The molecule has 0 heteroatoms. The lowest BCUT2D eigenvalue weighted by molar-refractivity contribution is 1.02. The van der Waals surface area contributed by atoms with Crippen LogP contribution in [0.4, 0.5) is 0 Å². The Balaban J connectivity index is 1.05. The van der Waals surface area contributed by atoms with Gasteiger partial charge in [0.1, 0.15) is 0 Å². The first kappa shape index (κ1) is 24.6. The molecule has 0 bridgehead atoms. The minimum absolute atomic E-state index is 0.292.